The fourth-order valence-corrected chi connectivity index (χ4v) is 14.0. The zero-order valence-electron chi connectivity index (χ0n) is 78.2. The Bertz CT molecular complexity index is 6950. The molecule has 0 fully saturated rings. The maximum absolute atomic E-state index is 12.5. The summed E-state index contributed by atoms with van der Waals surface area (Å²) in [7, 11) is 8.80. The highest BCUT2D eigenvalue weighted by Crippen LogP contribution is 2.33. The number of anilines is 12. The van der Waals surface area contributed by atoms with Crippen molar-refractivity contribution in [2.45, 2.75) is 64.7 Å². The number of carbonyl (C=O) groups excluding carboxylic acids is 6. The van der Waals surface area contributed by atoms with E-state index in [1.165, 1.54) is 30.4 Å². The van der Waals surface area contributed by atoms with Crippen LogP contribution in [0.4, 0.5) is 70.5 Å². The highest BCUT2D eigenvalue weighted by Gasteiger charge is 2.22. The molecule has 23 N–H and O–H groups in total. The van der Waals surface area contributed by atoms with E-state index in [-0.39, 0.29) is 95.3 Å². The van der Waals surface area contributed by atoms with E-state index in [9.17, 15) is 44.1 Å². The normalized spacial score (nSPS) is 10.8. The Labute approximate surface area is 824 Å². The van der Waals surface area contributed by atoms with Gasteiger partial charge in [-0.3, -0.25) is 28.8 Å². The van der Waals surface area contributed by atoms with Gasteiger partial charge in [-0.15, -0.1) is 0 Å². The number of phenols is 1. The van der Waals surface area contributed by atoms with E-state index < -0.39 is 24.7 Å². The lowest BCUT2D eigenvalue weighted by Crippen LogP contribution is -2.19. The summed E-state index contributed by atoms with van der Waals surface area (Å²) in [5.41, 5.74) is 51.6. The maximum atomic E-state index is 12.5. The van der Waals surface area contributed by atoms with Crippen molar-refractivity contribution in [3.05, 3.63) is 340 Å². The Morgan fingerprint density at radius 1 is 0.390 bits per heavy atom. The second kappa shape index (κ2) is 52.1. The molecule has 2 atom stereocenters. The van der Waals surface area contributed by atoms with E-state index in [0.29, 0.717) is 91.7 Å². The van der Waals surface area contributed by atoms with E-state index in [4.69, 9.17) is 62.7 Å². The number of Topliss-reactive ketones (excluding diaryl/α,β-unsaturated/α-hetero) is 3. The number of aromatic hydroxyl groups is 1. The number of aliphatic hydroxyl groups excluding tert-OH is 3. The molecule has 0 radical (unpaired) electrons. The molecule has 15 aromatic rings. The molecule has 6 heterocycles. The summed E-state index contributed by atoms with van der Waals surface area (Å²) in [4.78, 5) is 121. The number of ketones is 4. The predicted octanol–water partition coefficient (Wildman–Crippen LogP) is 14.6. The molecular weight excluding hydrogens is 1830 g/mol. The summed E-state index contributed by atoms with van der Waals surface area (Å²) in [6.07, 6.45) is 1.74. The number of allylic oxidation sites excluding steroid dienone is 1. The fourth-order valence-electron chi connectivity index (χ4n) is 13.7. The van der Waals surface area contributed by atoms with Gasteiger partial charge in [-0.05, 0) is 149 Å². The van der Waals surface area contributed by atoms with Crippen molar-refractivity contribution < 1.29 is 49.2 Å². The minimum atomic E-state index is -1.20. The molecule has 0 aliphatic heterocycles. The molecule has 2 amide bonds. The Morgan fingerprint density at radius 2 is 0.773 bits per heavy atom. The Hall–Kier alpha value is -17.4. The number of aliphatic hydroxyl groups is 3. The van der Waals surface area contributed by atoms with Gasteiger partial charge in [0.05, 0.1) is 39.7 Å². The molecular formula is C104H107Cl2N25O10. The molecule has 0 aliphatic carbocycles. The molecule has 722 valence electrons. The number of hydrogen-bond acceptors (Lipinski definition) is 33. The molecule has 37 heteroatoms. The van der Waals surface area contributed by atoms with Crippen LogP contribution in [0, 0.1) is 6.92 Å². The first-order valence-corrected chi connectivity index (χ1v) is 44.5. The number of benzene rings is 9. The van der Waals surface area contributed by atoms with E-state index in [1.54, 1.807) is 120 Å². The fraction of sp³-hybridized carbons (Fsp3) is 0.154. The third-order valence-corrected chi connectivity index (χ3v) is 21.2. The number of nitrogens with zero attached hydrogens (tertiary/aromatic N) is 12. The van der Waals surface area contributed by atoms with Gasteiger partial charge in [-0.25, -0.2) is 34.9 Å². The van der Waals surface area contributed by atoms with Crippen LogP contribution in [-0.4, -0.2) is 157 Å². The number of aromatic nitrogens is 12. The molecule has 0 aliphatic rings. The second-order valence-electron chi connectivity index (χ2n) is 31.0. The van der Waals surface area contributed by atoms with Crippen LogP contribution in [0.5, 0.6) is 5.75 Å². The lowest BCUT2D eigenvalue weighted by Gasteiger charge is -2.11. The van der Waals surface area contributed by atoms with Crippen molar-refractivity contribution in [2.75, 3.05) is 108 Å². The third-order valence-electron chi connectivity index (χ3n) is 20.7. The summed E-state index contributed by atoms with van der Waals surface area (Å²) >= 11 is 11.7. The first-order valence-electron chi connectivity index (χ1n) is 43.8. The van der Waals surface area contributed by atoms with Crippen molar-refractivity contribution >= 4 is 129 Å². The summed E-state index contributed by atoms with van der Waals surface area (Å²) in [5, 5.41) is 60.3. The van der Waals surface area contributed by atoms with Gasteiger partial charge in [-0.2, -0.15) is 24.9 Å². The number of nitrogens with two attached hydrogens (primary N) is 6. The van der Waals surface area contributed by atoms with E-state index in [0.717, 1.165) is 90.3 Å². The number of rotatable bonds is 31. The van der Waals surface area contributed by atoms with Gasteiger partial charge in [0.15, 0.2) is 23.1 Å². The first-order chi connectivity index (χ1) is 67.7. The van der Waals surface area contributed by atoms with Crippen molar-refractivity contribution in [1.29, 1.82) is 0 Å². The second-order valence-corrected chi connectivity index (χ2v) is 31.9. The monoisotopic (exact) mass is 1940 g/mol. The number of carbonyl (C=O) groups is 6. The highest BCUT2D eigenvalue weighted by molar-refractivity contribution is 6.31. The number of nitrogens with one attached hydrogen (secondary N) is 7. The van der Waals surface area contributed by atoms with Crippen LogP contribution in [0.25, 0.3) is 67.5 Å². The maximum Gasteiger partial charge on any atom is 0.259 e. The minimum Gasteiger partial charge on any atom is -0.507 e. The zero-order valence-corrected chi connectivity index (χ0v) is 79.7. The summed E-state index contributed by atoms with van der Waals surface area (Å²) in [6, 6.07) is 73.7. The molecule has 0 saturated carbocycles. The Morgan fingerprint density at radius 3 is 1.21 bits per heavy atom. The average molecular weight is 1940 g/mol. The molecule has 6 aromatic heterocycles. The van der Waals surface area contributed by atoms with Gasteiger partial charge in [0.1, 0.15) is 53.7 Å². The molecule has 0 spiro atoms. The molecule has 0 bridgehead atoms. The van der Waals surface area contributed by atoms with Crippen LogP contribution in [0.1, 0.15) is 79.7 Å². The summed E-state index contributed by atoms with van der Waals surface area (Å²) < 4.78 is 0. The van der Waals surface area contributed by atoms with Crippen molar-refractivity contribution in [3.8, 4) is 73.3 Å². The molecule has 2 unspecified atom stereocenters. The molecule has 9 aromatic carbocycles. The summed E-state index contributed by atoms with van der Waals surface area (Å²) in [6.45, 7) is 10.9. The number of nitrogen functional groups attached to an aromatic ring is 6. The van der Waals surface area contributed by atoms with Crippen LogP contribution in [0.3, 0.4) is 0 Å². The smallest absolute Gasteiger partial charge is 0.259 e. The first kappa shape index (κ1) is 106. The van der Waals surface area contributed by atoms with Crippen LogP contribution >= 0.6 is 23.2 Å². The number of amides is 2. The predicted molar refractivity (Wildman–Crippen MR) is 556 cm³/mol. The largest absolute Gasteiger partial charge is 0.507 e. The van der Waals surface area contributed by atoms with Gasteiger partial charge >= 0.3 is 0 Å². The Balaban J connectivity index is 0.000000175. The van der Waals surface area contributed by atoms with Gasteiger partial charge in [0, 0.05) is 153 Å². The van der Waals surface area contributed by atoms with Crippen LogP contribution in [0.15, 0.2) is 274 Å². The van der Waals surface area contributed by atoms with Gasteiger partial charge in [0.25, 0.3) is 5.91 Å². The van der Waals surface area contributed by atoms with Crippen molar-refractivity contribution in [2.24, 2.45) is 0 Å². The number of halogens is 2. The van der Waals surface area contributed by atoms with Crippen LogP contribution in [0.2, 0.25) is 10.0 Å². The minimum absolute atomic E-state index is 0.0112. The van der Waals surface area contributed by atoms with Crippen molar-refractivity contribution in [1.82, 2.24) is 65.1 Å². The number of phenolic OH excluding ortho intramolecular Hbond substituents is 1. The molecule has 141 heavy (non-hydrogen) atoms. The lowest BCUT2D eigenvalue weighted by molar-refractivity contribution is -0.127. The zero-order chi connectivity index (χ0) is 102. The average Bonchev–Trinajstić information content (AvgIpc) is 0.786. The van der Waals surface area contributed by atoms with Gasteiger partial charge in [0.2, 0.25) is 41.6 Å². The third kappa shape index (κ3) is 32.1. The highest BCUT2D eigenvalue weighted by atomic mass is 35.5. The molecule has 15 rings (SSSR count). The molecule has 35 nitrogen and oxygen atoms in total. The van der Waals surface area contributed by atoms with Crippen molar-refractivity contribution in [3.63, 3.8) is 0 Å². The van der Waals surface area contributed by atoms with E-state index in [1.807, 2.05) is 159 Å². The van der Waals surface area contributed by atoms with E-state index >= 15 is 0 Å². The van der Waals surface area contributed by atoms with Gasteiger partial charge < -0.3 is 92.0 Å². The number of aryl methyl sites for hydroxylation is 2. The quantitative estimate of drug-likeness (QED) is 0.0179. The Kier molecular flexibility index (Phi) is 39.0. The van der Waals surface area contributed by atoms with E-state index in [2.05, 4.69) is 110 Å². The SMILES string of the molecule is C=CC(=O)Cc1ccc(C)c(-c2cc(NC)nc(N)n2)c1.C=CC(=O)NCc1cccc(-c2cc(NC)nc(N)n2)c1.CCc1cc(-c2cccc(NC(=O)c3cc(Cl)ccc3O)c2)nc(N)n1.CNc1cc(-c2cccc(CC(=O)C(O)c3ccc(Cl)cc3)c2)nc(N)n1.CNc1cc(-c2cccc(CC(=O)C(O)c3ccccc3)c2)nc(N)n1.CNc1cc(-c2cccc(CC(=O)CO)c2)nc(N)n1. The lowest BCUT2D eigenvalue weighted by atomic mass is 9.98. The van der Waals surface area contributed by atoms with Crippen LogP contribution in [-0.2, 0) is 62.6 Å². The topological polar surface area (TPSA) is 578 Å². The van der Waals surface area contributed by atoms with Gasteiger partial charge in [-0.1, -0.05) is 183 Å². The number of hydrogen-bond donors (Lipinski definition) is 17. The standard InChI is InChI=1S/C20H19ClN4O2.C20H20N4O2.C19H17ClN4O2.C16H18N4O.C15H17N5O.C14H16N4O2/c1-23-18-11-16(24-20(22)25-18)14-4-2-3-12(9-14)10-17(26)19(27)13-5-7-15(21)8-6-13;1-22-18-12-16(23-20(21)24-18)15-9-5-6-13(10-15)11-17(25)19(26)14-7-3-2-4-8-14;1-2-13-10-16(24-19(21)23-13)11-4-3-5-14(8-11)22-18(26)15-9-12(20)6-7-17(15)25;1-4-12(21)7-11-6-5-10(2)13(8-11)14-9-15(18-3)20-16(17)19-14;1-3-14(21)18-9-10-5-4-6-11(7-10)12-8-13(17-2)20-15(16)19-12;1-16-13-7-12(17-14(15)18-13)10-4-2-3-9(5-10)6-11(20)8-19/h2-9,11,19,27H,10H2,1H3,(H3,22,23,24,25);2-10,12,19,26H,11H2,1H3,(H3,21,22,23,24);3-10,25H,2H2,1H3,(H,22,26)(H2,21,23,24);4-6,8-9H,1,7H2,2-3H3,(H3,17,18,19,20);3-8H,1,9H2,2H3,(H,18,21)(H3,16,17,19,20);2-5,7,19H,6,8H2,1H3,(H3,15,16,17,18). The van der Waals surface area contributed by atoms with Crippen LogP contribution < -0.4 is 71.6 Å². The molecule has 0 saturated heterocycles. The summed E-state index contributed by atoms with van der Waals surface area (Å²) in [5.74, 6) is 2.73.